The van der Waals surface area contributed by atoms with Crippen molar-refractivity contribution in [2.24, 2.45) is 0 Å². The van der Waals surface area contributed by atoms with Crippen LogP contribution in [0.15, 0.2) is 35.5 Å². The molecule has 0 aliphatic carbocycles. The first-order valence-corrected chi connectivity index (χ1v) is 6.98. The second kappa shape index (κ2) is 5.71. The smallest absolute Gasteiger partial charge is 0.338 e. The lowest BCUT2D eigenvalue weighted by Crippen LogP contribution is -2.46. The highest BCUT2D eigenvalue weighted by atomic mass is 16.6. The number of esters is 1. The lowest BCUT2D eigenvalue weighted by molar-refractivity contribution is -0.150. The minimum Gasteiger partial charge on any atom is -0.508 e. The normalized spacial score (nSPS) is 18.5. The maximum absolute atomic E-state index is 12.5. The van der Waals surface area contributed by atoms with Crippen LogP contribution in [0.1, 0.15) is 39.3 Å². The van der Waals surface area contributed by atoms with E-state index in [1.165, 1.54) is 12.1 Å². The van der Waals surface area contributed by atoms with Crippen LogP contribution in [0, 0.1) is 0 Å². The minimum atomic E-state index is -0.634. The Bertz CT molecular complexity index is 627. The van der Waals surface area contributed by atoms with Crippen LogP contribution in [0.25, 0.3) is 0 Å². The summed E-state index contributed by atoms with van der Waals surface area (Å²) in [7, 11) is 0. The number of urea groups is 1. The fourth-order valence-electron chi connectivity index (χ4n) is 2.21. The predicted molar refractivity (Wildman–Crippen MR) is 81.1 cm³/mol. The Labute approximate surface area is 129 Å². The molecule has 22 heavy (non-hydrogen) atoms. The van der Waals surface area contributed by atoms with Gasteiger partial charge in [0, 0.05) is 5.70 Å². The molecule has 0 saturated heterocycles. The van der Waals surface area contributed by atoms with E-state index in [4.69, 9.17) is 4.74 Å². The molecule has 6 heteroatoms. The van der Waals surface area contributed by atoms with Gasteiger partial charge in [0.2, 0.25) is 0 Å². The first-order chi connectivity index (χ1) is 10.2. The summed E-state index contributed by atoms with van der Waals surface area (Å²) in [5, 5.41) is 14.7. The number of carbonyl (C=O) groups is 2. The lowest BCUT2D eigenvalue weighted by atomic mass is 9.95. The zero-order valence-electron chi connectivity index (χ0n) is 13.1. The average molecular weight is 304 g/mol. The largest absolute Gasteiger partial charge is 0.508 e. The van der Waals surface area contributed by atoms with Gasteiger partial charge in [0.1, 0.15) is 11.4 Å². The van der Waals surface area contributed by atoms with Crippen molar-refractivity contribution in [2.45, 2.75) is 39.3 Å². The zero-order chi connectivity index (χ0) is 16.5. The number of carbonyl (C=O) groups excluding carboxylic acids is 2. The van der Waals surface area contributed by atoms with Gasteiger partial charge in [0.25, 0.3) is 0 Å². The first kappa shape index (κ1) is 15.9. The van der Waals surface area contributed by atoms with E-state index in [1.54, 1.807) is 39.8 Å². The molecule has 1 aromatic carbocycles. The average Bonchev–Trinajstić information content (AvgIpc) is 2.36. The number of nitrogens with one attached hydrogen (secondary N) is 2. The standard InChI is InChI=1S/C16H20N2O4/c1-9-12(14(20)22-16(2,3)4)13(18-15(21)17-9)10-5-7-11(19)8-6-10/h5-8,13,19H,1-4H3,(H2,17,18,21)/t13-/m0/s1. The summed E-state index contributed by atoms with van der Waals surface area (Å²) in [6, 6.07) is 5.32. The van der Waals surface area contributed by atoms with Gasteiger partial charge < -0.3 is 20.5 Å². The van der Waals surface area contributed by atoms with Gasteiger partial charge in [-0.2, -0.15) is 0 Å². The van der Waals surface area contributed by atoms with Crippen molar-refractivity contribution < 1.29 is 19.4 Å². The van der Waals surface area contributed by atoms with Gasteiger partial charge in [0.05, 0.1) is 11.6 Å². The van der Waals surface area contributed by atoms with Gasteiger partial charge in [-0.15, -0.1) is 0 Å². The van der Waals surface area contributed by atoms with Gasteiger partial charge in [-0.25, -0.2) is 9.59 Å². The Morgan fingerprint density at radius 2 is 1.82 bits per heavy atom. The first-order valence-electron chi connectivity index (χ1n) is 6.98. The third kappa shape index (κ3) is 3.58. The van der Waals surface area contributed by atoms with Crippen LogP contribution in [0.2, 0.25) is 0 Å². The molecule has 0 unspecified atom stereocenters. The molecule has 0 saturated carbocycles. The van der Waals surface area contributed by atoms with E-state index in [9.17, 15) is 14.7 Å². The summed E-state index contributed by atoms with van der Waals surface area (Å²) in [4.78, 5) is 24.2. The van der Waals surface area contributed by atoms with E-state index in [0.29, 0.717) is 16.8 Å². The molecule has 1 aliphatic rings. The van der Waals surface area contributed by atoms with Crippen molar-refractivity contribution in [3.8, 4) is 5.75 Å². The van der Waals surface area contributed by atoms with Crippen LogP contribution in [0.3, 0.4) is 0 Å². The number of hydrogen-bond acceptors (Lipinski definition) is 4. The highest BCUT2D eigenvalue weighted by molar-refractivity contribution is 5.95. The van der Waals surface area contributed by atoms with Crippen molar-refractivity contribution >= 4 is 12.0 Å². The van der Waals surface area contributed by atoms with E-state index in [2.05, 4.69) is 10.6 Å². The highest BCUT2D eigenvalue weighted by Crippen LogP contribution is 2.29. The van der Waals surface area contributed by atoms with E-state index >= 15 is 0 Å². The molecule has 2 amide bonds. The molecule has 2 rings (SSSR count). The number of benzene rings is 1. The molecule has 1 heterocycles. The molecule has 1 aromatic rings. The number of hydrogen-bond donors (Lipinski definition) is 3. The number of rotatable bonds is 2. The number of ether oxygens (including phenoxy) is 1. The van der Waals surface area contributed by atoms with E-state index in [0.717, 1.165) is 0 Å². The molecule has 0 bridgehead atoms. The maximum Gasteiger partial charge on any atom is 0.338 e. The molecule has 118 valence electrons. The van der Waals surface area contributed by atoms with E-state index in [1.807, 2.05) is 0 Å². The number of aromatic hydroxyl groups is 1. The topological polar surface area (TPSA) is 87.7 Å². The Hall–Kier alpha value is -2.50. The van der Waals surface area contributed by atoms with E-state index in [-0.39, 0.29) is 11.8 Å². The predicted octanol–water partition coefficient (Wildman–Crippen LogP) is 2.36. The molecule has 1 atom stereocenters. The number of phenols is 1. The number of allylic oxidation sites excluding steroid dienone is 1. The van der Waals surface area contributed by atoms with Crippen LogP contribution in [-0.2, 0) is 9.53 Å². The van der Waals surface area contributed by atoms with Crippen LogP contribution < -0.4 is 10.6 Å². The van der Waals surface area contributed by atoms with Crippen molar-refractivity contribution in [1.82, 2.24) is 10.6 Å². The number of amides is 2. The summed E-state index contributed by atoms with van der Waals surface area (Å²) in [5.41, 5.74) is 0.856. The summed E-state index contributed by atoms with van der Waals surface area (Å²) >= 11 is 0. The summed E-state index contributed by atoms with van der Waals surface area (Å²) in [5.74, 6) is -0.376. The molecule has 3 N–H and O–H groups in total. The van der Waals surface area contributed by atoms with Gasteiger partial charge in [0.15, 0.2) is 0 Å². The third-order valence-electron chi connectivity index (χ3n) is 3.11. The maximum atomic E-state index is 12.5. The molecule has 0 radical (unpaired) electrons. The Kier molecular flexibility index (Phi) is 4.12. The van der Waals surface area contributed by atoms with Gasteiger partial charge in [-0.3, -0.25) is 0 Å². The quantitative estimate of drug-likeness (QED) is 0.732. The monoisotopic (exact) mass is 304 g/mol. The summed E-state index contributed by atoms with van der Waals surface area (Å²) < 4.78 is 5.42. The Morgan fingerprint density at radius 1 is 1.23 bits per heavy atom. The second-order valence-electron chi connectivity index (χ2n) is 6.16. The van der Waals surface area contributed by atoms with Crippen LogP contribution in [0.4, 0.5) is 4.79 Å². The molecular formula is C16H20N2O4. The van der Waals surface area contributed by atoms with Crippen LogP contribution >= 0.6 is 0 Å². The van der Waals surface area contributed by atoms with Gasteiger partial charge in [-0.05, 0) is 45.4 Å². The number of phenolic OH excluding ortho intramolecular Hbond substituents is 1. The van der Waals surface area contributed by atoms with Crippen LogP contribution in [0.5, 0.6) is 5.75 Å². The highest BCUT2D eigenvalue weighted by Gasteiger charge is 2.33. The van der Waals surface area contributed by atoms with Gasteiger partial charge in [-0.1, -0.05) is 12.1 Å². The Morgan fingerprint density at radius 3 is 2.36 bits per heavy atom. The van der Waals surface area contributed by atoms with Crippen LogP contribution in [-0.4, -0.2) is 22.7 Å². The molecule has 6 nitrogen and oxygen atoms in total. The molecule has 0 fully saturated rings. The lowest BCUT2D eigenvalue weighted by Gasteiger charge is -2.30. The molecule has 0 spiro atoms. The SMILES string of the molecule is CC1=C(C(=O)OC(C)(C)C)[C@H](c2ccc(O)cc2)NC(=O)N1. The van der Waals surface area contributed by atoms with Gasteiger partial charge >= 0.3 is 12.0 Å². The molecular weight excluding hydrogens is 284 g/mol. The zero-order valence-corrected chi connectivity index (χ0v) is 13.1. The molecule has 0 aromatic heterocycles. The third-order valence-corrected chi connectivity index (χ3v) is 3.11. The van der Waals surface area contributed by atoms with Crippen molar-refractivity contribution in [3.05, 3.63) is 41.1 Å². The second-order valence-corrected chi connectivity index (χ2v) is 6.16. The fourth-order valence-corrected chi connectivity index (χ4v) is 2.21. The Balaban J connectivity index is 2.41. The summed E-state index contributed by atoms with van der Waals surface area (Å²) in [6.45, 7) is 7.01. The van der Waals surface area contributed by atoms with Crippen molar-refractivity contribution in [1.29, 1.82) is 0 Å². The fraction of sp³-hybridized carbons (Fsp3) is 0.375. The van der Waals surface area contributed by atoms with E-state index < -0.39 is 17.6 Å². The van der Waals surface area contributed by atoms with Crippen molar-refractivity contribution in [2.75, 3.05) is 0 Å². The molecule has 1 aliphatic heterocycles. The van der Waals surface area contributed by atoms with Crippen molar-refractivity contribution in [3.63, 3.8) is 0 Å². The minimum absolute atomic E-state index is 0.114. The summed E-state index contributed by atoms with van der Waals surface area (Å²) in [6.07, 6.45) is 0.